The van der Waals surface area contributed by atoms with Crippen molar-refractivity contribution in [2.75, 3.05) is 11.9 Å². The monoisotopic (exact) mass is 523 g/mol. The van der Waals surface area contributed by atoms with Crippen LogP contribution in [0.3, 0.4) is 0 Å². The minimum absolute atomic E-state index is 0.130. The zero-order chi connectivity index (χ0) is 28.5. The SMILES string of the molecule is CCCN(C(=O)C(CC(C)C)NC(=O)OC(C)(C)C)C(C(=O)Nc1ccccc1C)c1ccc(CC)cc1. The number of carbonyl (C=O) groups is 3. The van der Waals surface area contributed by atoms with Crippen LogP contribution in [-0.4, -0.2) is 41.0 Å². The molecule has 7 nitrogen and oxygen atoms in total. The molecule has 2 atom stereocenters. The first-order valence-electron chi connectivity index (χ1n) is 13.6. The van der Waals surface area contributed by atoms with Crippen molar-refractivity contribution in [3.05, 3.63) is 65.2 Å². The zero-order valence-electron chi connectivity index (χ0n) is 24.3. The fraction of sp³-hybridized carbons (Fsp3) is 0.516. The summed E-state index contributed by atoms with van der Waals surface area (Å²) in [5.74, 6) is -0.479. The van der Waals surface area contributed by atoms with Crippen LogP contribution >= 0.6 is 0 Å². The Morgan fingerprint density at radius 3 is 2.13 bits per heavy atom. The summed E-state index contributed by atoms with van der Waals surface area (Å²) in [5.41, 5.74) is 2.79. The Labute approximate surface area is 228 Å². The van der Waals surface area contributed by atoms with Crippen LogP contribution in [0.15, 0.2) is 48.5 Å². The fourth-order valence-corrected chi connectivity index (χ4v) is 4.27. The molecule has 2 unspecified atom stereocenters. The van der Waals surface area contributed by atoms with Gasteiger partial charge in [-0.2, -0.15) is 0 Å². The zero-order valence-corrected chi connectivity index (χ0v) is 24.3. The number of para-hydroxylation sites is 1. The molecule has 38 heavy (non-hydrogen) atoms. The van der Waals surface area contributed by atoms with Gasteiger partial charge in [-0.3, -0.25) is 9.59 Å². The van der Waals surface area contributed by atoms with Gasteiger partial charge in [-0.05, 0) is 75.6 Å². The van der Waals surface area contributed by atoms with E-state index in [1.807, 2.05) is 76.2 Å². The predicted molar refractivity (Wildman–Crippen MR) is 153 cm³/mol. The molecular weight excluding hydrogens is 478 g/mol. The lowest BCUT2D eigenvalue weighted by Gasteiger charge is -2.35. The molecule has 208 valence electrons. The summed E-state index contributed by atoms with van der Waals surface area (Å²) in [6.07, 6.45) is 1.28. The van der Waals surface area contributed by atoms with E-state index in [0.29, 0.717) is 25.1 Å². The quantitative estimate of drug-likeness (QED) is 0.356. The van der Waals surface area contributed by atoms with Gasteiger partial charge in [0.1, 0.15) is 17.7 Å². The number of ether oxygens (including phenoxy) is 1. The van der Waals surface area contributed by atoms with Crippen LogP contribution in [0.1, 0.15) is 84.0 Å². The Morgan fingerprint density at radius 1 is 0.974 bits per heavy atom. The summed E-state index contributed by atoms with van der Waals surface area (Å²) < 4.78 is 5.45. The van der Waals surface area contributed by atoms with Crippen molar-refractivity contribution in [2.45, 2.75) is 92.3 Å². The summed E-state index contributed by atoms with van der Waals surface area (Å²) in [5, 5.41) is 5.82. The summed E-state index contributed by atoms with van der Waals surface area (Å²) in [7, 11) is 0. The highest BCUT2D eigenvalue weighted by Crippen LogP contribution is 2.27. The van der Waals surface area contributed by atoms with Crippen LogP contribution in [0.4, 0.5) is 10.5 Å². The highest BCUT2D eigenvalue weighted by atomic mass is 16.6. The molecule has 3 amide bonds. The summed E-state index contributed by atoms with van der Waals surface area (Å²) in [6.45, 7) is 15.6. The standard InChI is InChI=1S/C31H45N3O4/c1-9-19-34(29(36)26(20-21(3)4)33-30(37)38-31(6,7)8)27(24-17-15-23(10-2)16-18-24)28(35)32-25-14-12-11-13-22(25)5/h11-18,21,26-27H,9-10,19-20H2,1-8H3,(H,32,35)(H,33,37). The lowest BCUT2D eigenvalue weighted by Crippen LogP contribution is -2.53. The highest BCUT2D eigenvalue weighted by Gasteiger charge is 2.36. The average molecular weight is 524 g/mol. The topological polar surface area (TPSA) is 87.7 Å². The minimum atomic E-state index is -0.872. The van der Waals surface area contributed by atoms with E-state index in [4.69, 9.17) is 4.74 Å². The highest BCUT2D eigenvalue weighted by molar-refractivity contribution is 5.99. The van der Waals surface area contributed by atoms with Gasteiger partial charge in [0.15, 0.2) is 0 Å². The maximum Gasteiger partial charge on any atom is 0.408 e. The third-order valence-electron chi connectivity index (χ3n) is 6.11. The van der Waals surface area contributed by atoms with Crippen molar-refractivity contribution in [3.8, 4) is 0 Å². The summed E-state index contributed by atoms with van der Waals surface area (Å²) >= 11 is 0. The molecule has 0 saturated carbocycles. The maximum absolute atomic E-state index is 14.1. The largest absolute Gasteiger partial charge is 0.444 e. The molecule has 0 fully saturated rings. The van der Waals surface area contributed by atoms with Gasteiger partial charge in [-0.1, -0.05) is 70.2 Å². The third kappa shape index (κ3) is 9.19. The number of benzene rings is 2. The van der Waals surface area contributed by atoms with Gasteiger partial charge in [0.2, 0.25) is 5.91 Å². The lowest BCUT2D eigenvalue weighted by molar-refractivity contribution is -0.141. The van der Waals surface area contributed by atoms with E-state index < -0.39 is 23.8 Å². The second kappa shape index (κ2) is 14.0. The van der Waals surface area contributed by atoms with Gasteiger partial charge >= 0.3 is 6.09 Å². The molecule has 0 aromatic heterocycles. The number of rotatable bonds is 11. The van der Waals surface area contributed by atoms with Crippen molar-refractivity contribution < 1.29 is 19.1 Å². The van der Waals surface area contributed by atoms with E-state index in [9.17, 15) is 14.4 Å². The molecule has 2 rings (SSSR count). The molecule has 0 saturated heterocycles. The van der Waals surface area contributed by atoms with Crippen LogP contribution in [0, 0.1) is 12.8 Å². The molecule has 2 aromatic carbocycles. The molecular formula is C31H45N3O4. The third-order valence-corrected chi connectivity index (χ3v) is 6.11. The molecule has 2 aromatic rings. The fourth-order valence-electron chi connectivity index (χ4n) is 4.27. The van der Waals surface area contributed by atoms with Crippen molar-refractivity contribution in [3.63, 3.8) is 0 Å². The second-order valence-electron chi connectivity index (χ2n) is 11.2. The van der Waals surface area contributed by atoms with Crippen molar-refractivity contribution in [2.24, 2.45) is 5.92 Å². The van der Waals surface area contributed by atoms with Crippen molar-refractivity contribution >= 4 is 23.6 Å². The maximum atomic E-state index is 14.1. The van der Waals surface area contributed by atoms with Gasteiger partial charge in [0.25, 0.3) is 5.91 Å². The molecule has 0 radical (unpaired) electrons. The Balaban J connectivity index is 2.51. The molecule has 7 heteroatoms. The molecule has 2 N–H and O–H groups in total. The smallest absolute Gasteiger partial charge is 0.408 e. The van der Waals surface area contributed by atoms with Crippen LogP contribution in [0.25, 0.3) is 0 Å². The Morgan fingerprint density at radius 2 is 1.61 bits per heavy atom. The number of nitrogens with zero attached hydrogens (tertiary/aromatic N) is 1. The van der Waals surface area contributed by atoms with Gasteiger partial charge in [0.05, 0.1) is 0 Å². The number of nitrogens with one attached hydrogen (secondary N) is 2. The van der Waals surface area contributed by atoms with Crippen LogP contribution < -0.4 is 10.6 Å². The Hall–Kier alpha value is -3.35. The van der Waals surface area contributed by atoms with Gasteiger partial charge in [-0.25, -0.2) is 4.79 Å². The summed E-state index contributed by atoms with van der Waals surface area (Å²) in [6, 6.07) is 13.7. The molecule has 0 aliphatic heterocycles. The first-order valence-corrected chi connectivity index (χ1v) is 13.6. The number of amides is 3. The number of aryl methyl sites for hydroxylation is 2. The minimum Gasteiger partial charge on any atom is -0.444 e. The van der Waals surface area contributed by atoms with E-state index in [2.05, 4.69) is 17.6 Å². The molecule has 0 bridgehead atoms. The van der Waals surface area contributed by atoms with E-state index in [1.54, 1.807) is 25.7 Å². The molecule has 0 aliphatic rings. The summed E-state index contributed by atoms with van der Waals surface area (Å²) in [4.78, 5) is 42.3. The Kier molecular flexibility index (Phi) is 11.4. The average Bonchev–Trinajstić information content (AvgIpc) is 2.83. The predicted octanol–water partition coefficient (Wildman–Crippen LogP) is 6.42. The van der Waals surface area contributed by atoms with Crippen LogP contribution in [0.5, 0.6) is 0 Å². The second-order valence-corrected chi connectivity index (χ2v) is 11.2. The number of hydrogen-bond acceptors (Lipinski definition) is 4. The van der Waals surface area contributed by atoms with Gasteiger partial charge < -0.3 is 20.3 Å². The van der Waals surface area contributed by atoms with Gasteiger partial charge in [0, 0.05) is 12.2 Å². The van der Waals surface area contributed by atoms with Crippen molar-refractivity contribution in [1.82, 2.24) is 10.2 Å². The van der Waals surface area contributed by atoms with E-state index in [-0.39, 0.29) is 17.7 Å². The number of anilines is 1. The first-order chi connectivity index (χ1) is 17.9. The molecule has 0 aliphatic carbocycles. The number of hydrogen-bond donors (Lipinski definition) is 2. The van der Waals surface area contributed by atoms with E-state index in [1.165, 1.54) is 0 Å². The number of alkyl carbamates (subject to hydrolysis) is 1. The molecule has 0 spiro atoms. The number of carbonyl (C=O) groups excluding carboxylic acids is 3. The Bertz CT molecular complexity index is 1070. The van der Waals surface area contributed by atoms with Crippen LogP contribution in [-0.2, 0) is 20.7 Å². The first kappa shape index (κ1) is 30.9. The van der Waals surface area contributed by atoms with Gasteiger partial charge in [-0.15, -0.1) is 0 Å². The van der Waals surface area contributed by atoms with E-state index >= 15 is 0 Å². The molecule has 0 heterocycles. The van der Waals surface area contributed by atoms with Crippen LogP contribution in [0.2, 0.25) is 0 Å². The van der Waals surface area contributed by atoms with E-state index in [0.717, 1.165) is 23.1 Å². The van der Waals surface area contributed by atoms with Crippen molar-refractivity contribution in [1.29, 1.82) is 0 Å². The lowest BCUT2D eigenvalue weighted by atomic mass is 9.98. The normalized spacial score (nSPS) is 13.0.